The first-order chi connectivity index (χ1) is 7.60. The molecule has 0 unspecified atom stereocenters. The summed E-state index contributed by atoms with van der Waals surface area (Å²) in [6.07, 6.45) is 2.36. The van der Waals surface area contributed by atoms with Crippen LogP contribution in [-0.4, -0.2) is 26.5 Å². The smallest absolute Gasteiger partial charge is 0.242 e. The van der Waals surface area contributed by atoms with Crippen LogP contribution in [0.2, 0.25) is 0 Å². The van der Waals surface area contributed by atoms with Crippen molar-refractivity contribution < 1.29 is 8.42 Å². The maximum atomic E-state index is 11.6. The number of pyridine rings is 1. The van der Waals surface area contributed by atoms with Crippen LogP contribution in [0.15, 0.2) is 23.2 Å². The van der Waals surface area contributed by atoms with Crippen molar-refractivity contribution in [1.29, 1.82) is 0 Å². The highest BCUT2D eigenvalue weighted by Gasteiger charge is 2.12. The number of rotatable bonds is 6. The van der Waals surface area contributed by atoms with Crippen molar-refractivity contribution in [2.75, 3.05) is 18.4 Å². The van der Waals surface area contributed by atoms with Crippen molar-refractivity contribution in [1.82, 2.24) is 9.71 Å². The Morgan fingerprint density at radius 3 is 2.56 bits per heavy atom. The largest absolute Gasteiger partial charge is 0.370 e. The number of hydrogen-bond acceptors (Lipinski definition) is 4. The summed E-state index contributed by atoms with van der Waals surface area (Å²) in [7, 11) is -3.39. The van der Waals surface area contributed by atoms with Gasteiger partial charge in [-0.15, -0.1) is 0 Å². The lowest BCUT2D eigenvalue weighted by Crippen LogP contribution is -2.23. The molecule has 1 aromatic rings. The molecule has 0 amide bonds. The van der Waals surface area contributed by atoms with E-state index in [0.717, 1.165) is 13.0 Å². The van der Waals surface area contributed by atoms with Gasteiger partial charge in [0.05, 0.1) is 0 Å². The Balaban J connectivity index is 2.78. The standard InChI is InChI=1S/C10H17N3O2S/c1-3-7-11-10-6-5-9(8-12-10)16(14,15)13-4-2/h5-6,8,13H,3-4,7H2,1-2H3,(H,11,12). The third-order valence-electron chi connectivity index (χ3n) is 1.94. The maximum absolute atomic E-state index is 11.6. The lowest BCUT2D eigenvalue weighted by Gasteiger charge is -2.06. The molecule has 0 atom stereocenters. The van der Waals surface area contributed by atoms with Crippen LogP contribution in [0.5, 0.6) is 0 Å². The van der Waals surface area contributed by atoms with E-state index in [2.05, 4.69) is 21.9 Å². The summed E-state index contributed by atoms with van der Waals surface area (Å²) >= 11 is 0. The van der Waals surface area contributed by atoms with Gasteiger partial charge < -0.3 is 5.32 Å². The summed E-state index contributed by atoms with van der Waals surface area (Å²) < 4.78 is 25.6. The van der Waals surface area contributed by atoms with Crippen LogP contribution in [0.25, 0.3) is 0 Å². The Labute approximate surface area is 96.3 Å². The summed E-state index contributed by atoms with van der Waals surface area (Å²) in [6.45, 7) is 4.99. The van der Waals surface area contributed by atoms with Crippen molar-refractivity contribution in [2.45, 2.75) is 25.2 Å². The molecule has 16 heavy (non-hydrogen) atoms. The van der Waals surface area contributed by atoms with E-state index in [1.807, 2.05) is 0 Å². The molecule has 0 aliphatic heterocycles. The van der Waals surface area contributed by atoms with Gasteiger partial charge in [-0.25, -0.2) is 18.1 Å². The predicted octanol–water partition coefficient (Wildman–Crippen LogP) is 1.20. The average molecular weight is 243 g/mol. The number of sulfonamides is 1. The molecule has 0 spiro atoms. The van der Waals surface area contributed by atoms with Crippen molar-refractivity contribution in [3.05, 3.63) is 18.3 Å². The summed E-state index contributed by atoms with van der Waals surface area (Å²) in [5, 5.41) is 3.08. The fourth-order valence-electron chi connectivity index (χ4n) is 1.17. The highest BCUT2D eigenvalue weighted by molar-refractivity contribution is 7.89. The molecule has 0 radical (unpaired) electrons. The molecule has 0 aliphatic rings. The van der Waals surface area contributed by atoms with Crippen LogP contribution in [-0.2, 0) is 10.0 Å². The van der Waals surface area contributed by atoms with Crippen LogP contribution in [0, 0.1) is 0 Å². The molecule has 0 aromatic carbocycles. The molecule has 6 heteroatoms. The van der Waals surface area contributed by atoms with Crippen molar-refractivity contribution >= 4 is 15.8 Å². The van der Waals surface area contributed by atoms with Gasteiger partial charge in [0.15, 0.2) is 0 Å². The van der Waals surface area contributed by atoms with E-state index in [0.29, 0.717) is 12.4 Å². The van der Waals surface area contributed by atoms with Crippen LogP contribution < -0.4 is 10.0 Å². The third-order valence-corrected chi connectivity index (χ3v) is 3.47. The van der Waals surface area contributed by atoms with Crippen molar-refractivity contribution in [2.24, 2.45) is 0 Å². The van der Waals surface area contributed by atoms with Crippen LogP contribution >= 0.6 is 0 Å². The molecule has 0 aliphatic carbocycles. The Hall–Kier alpha value is -1.14. The summed E-state index contributed by atoms with van der Waals surface area (Å²) in [4.78, 5) is 4.23. The zero-order valence-electron chi connectivity index (χ0n) is 9.53. The molecule has 90 valence electrons. The molecular weight excluding hydrogens is 226 g/mol. The molecular formula is C10H17N3O2S. The van der Waals surface area contributed by atoms with Gasteiger partial charge in [-0.3, -0.25) is 0 Å². The van der Waals surface area contributed by atoms with Gasteiger partial charge in [0.25, 0.3) is 0 Å². The number of aromatic nitrogens is 1. The number of hydrogen-bond donors (Lipinski definition) is 2. The summed E-state index contributed by atoms with van der Waals surface area (Å²) in [5.74, 6) is 0.692. The molecule has 5 nitrogen and oxygen atoms in total. The van der Waals surface area contributed by atoms with E-state index in [1.165, 1.54) is 6.20 Å². The van der Waals surface area contributed by atoms with Gasteiger partial charge >= 0.3 is 0 Å². The quantitative estimate of drug-likeness (QED) is 0.787. The van der Waals surface area contributed by atoms with Gasteiger partial charge in [-0.1, -0.05) is 13.8 Å². The highest BCUT2D eigenvalue weighted by atomic mass is 32.2. The Bertz CT molecular complexity index is 414. The second kappa shape index (κ2) is 5.81. The fourth-order valence-corrected chi connectivity index (χ4v) is 2.16. The Morgan fingerprint density at radius 2 is 2.06 bits per heavy atom. The molecule has 1 heterocycles. The van der Waals surface area contributed by atoms with E-state index < -0.39 is 10.0 Å². The van der Waals surface area contributed by atoms with Crippen molar-refractivity contribution in [3.63, 3.8) is 0 Å². The van der Waals surface area contributed by atoms with Crippen LogP contribution in [0.4, 0.5) is 5.82 Å². The van der Waals surface area contributed by atoms with Crippen LogP contribution in [0.3, 0.4) is 0 Å². The van der Waals surface area contributed by atoms with E-state index in [9.17, 15) is 8.42 Å². The lowest BCUT2D eigenvalue weighted by molar-refractivity contribution is 0.583. The molecule has 2 N–H and O–H groups in total. The van der Waals surface area contributed by atoms with Gasteiger partial charge in [0, 0.05) is 19.3 Å². The van der Waals surface area contributed by atoms with E-state index in [-0.39, 0.29) is 4.90 Å². The minimum absolute atomic E-state index is 0.191. The normalized spacial score (nSPS) is 11.4. The SMILES string of the molecule is CCCNc1ccc(S(=O)(=O)NCC)cn1. The van der Waals surface area contributed by atoms with Crippen LogP contribution in [0.1, 0.15) is 20.3 Å². The second-order valence-electron chi connectivity index (χ2n) is 3.31. The molecule has 0 fully saturated rings. The second-order valence-corrected chi connectivity index (χ2v) is 5.07. The minimum Gasteiger partial charge on any atom is -0.370 e. The number of anilines is 1. The predicted molar refractivity (Wildman–Crippen MR) is 63.9 cm³/mol. The van der Waals surface area contributed by atoms with Crippen molar-refractivity contribution in [3.8, 4) is 0 Å². The summed E-state index contributed by atoms with van der Waals surface area (Å²) in [6, 6.07) is 3.21. The van der Waals surface area contributed by atoms with Gasteiger partial charge in [0.2, 0.25) is 10.0 Å². The molecule has 0 saturated heterocycles. The van der Waals surface area contributed by atoms with E-state index in [1.54, 1.807) is 19.1 Å². The minimum atomic E-state index is -3.39. The molecule has 1 aromatic heterocycles. The Kier molecular flexibility index (Phi) is 4.70. The van der Waals surface area contributed by atoms with Gasteiger partial charge in [-0.05, 0) is 18.6 Å². The average Bonchev–Trinajstić information content (AvgIpc) is 2.27. The summed E-state index contributed by atoms with van der Waals surface area (Å²) in [5.41, 5.74) is 0. The van der Waals surface area contributed by atoms with Gasteiger partial charge in [-0.2, -0.15) is 0 Å². The number of nitrogens with zero attached hydrogens (tertiary/aromatic N) is 1. The molecule has 0 bridgehead atoms. The zero-order chi connectivity index (χ0) is 12.0. The monoisotopic (exact) mass is 243 g/mol. The first-order valence-corrected chi connectivity index (χ1v) is 6.78. The fraction of sp³-hybridized carbons (Fsp3) is 0.500. The third kappa shape index (κ3) is 3.46. The van der Waals surface area contributed by atoms with E-state index in [4.69, 9.17) is 0 Å². The lowest BCUT2D eigenvalue weighted by atomic mass is 10.4. The first kappa shape index (κ1) is 12.9. The molecule has 0 saturated carbocycles. The molecule has 1 rings (SSSR count). The van der Waals surface area contributed by atoms with E-state index >= 15 is 0 Å². The van der Waals surface area contributed by atoms with Gasteiger partial charge in [0.1, 0.15) is 10.7 Å². The highest BCUT2D eigenvalue weighted by Crippen LogP contribution is 2.10. The zero-order valence-corrected chi connectivity index (χ0v) is 10.3. The number of nitrogens with one attached hydrogen (secondary N) is 2. The first-order valence-electron chi connectivity index (χ1n) is 5.29. The topological polar surface area (TPSA) is 71.1 Å². The maximum Gasteiger partial charge on any atom is 0.242 e. The Morgan fingerprint density at radius 1 is 1.31 bits per heavy atom.